The number of anilines is 2. The molecule has 1 N–H and O–H groups in total. The van der Waals surface area contributed by atoms with Crippen LogP contribution in [0.3, 0.4) is 0 Å². The molecule has 0 fully saturated rings. The number of carbonyl (C=O) groups excluding carboxylic acids is 2. The highest BCUT2D eigenvalue weighted by Crippen LogP contribution is 2.30. The van der Waals surface area contributed by atoms with Crippen LogP contribution < -0.4 is 9.62 Å². The van der Waals surface area contributed by atoms with E-state index in [1.54, 1.807) is 18.2 Å². The Kier molecular flexibility index (Phi) is 6.95. The van der Waals surface area contributed by atoms with Crippen molar-refractivity contribution in [1.82, 2.24) is 0 Å². The van der Waals surface area contributed by atoms with Gasteiger partial charge in [-0.05, 0) is 72.8 Å². The second-order valence-corrected chi connectivity index (χ2v) is 9.69. The molecule has 32 heavy (non-hydrogen) atoms. The van der Waals surface area contributed by atoms with Crippen LogP contribution in [0.5, 0.6) is 0 Å². The van der Waals surface area contributed by atoms with Gasteiger partial charge in [0.15, 0.2) is 0 Å². The van der Waals surface area contributed by atoms with Crippen LogP contribution in [0.15, 0.2) is 58.8 Å². The van der Waals surface area contributed by atoms with Crippen LogP contribution in [0.25, 0.3) is 0 Å². The van der Waals surface area contributed by atoms with Crippen LogP contribution in [0.1, 0.15) is 20.8 Å². The molecule has 3 rings (SSSR count). The van der Waals surface area contributed by atoms with Gasteiger partial charge >= 0.3 is 5.97 Å². The van der Waals surface area contributed by atoms with Crippen molar-refractivity contribution in [3.05, 3.63) is 75.7 Å². The van der Waals surface area contributed by atoms with Crippen LogP contribution >= 0.6 is 11.3 Å². The average Bonchev–Trinajstić information content (AvgIpc) is 3.26. The zero-order chi connectivity index (χ0) is 23.5. The number of rotatable bonds is 7. The quantitative estimate of drug-likeness (QED) is 0.518. The lowest BCUT2D eigenvalue weighted by Crippen LogP contribution is -2.38. The van der Waals surface area contributed by atoms with Crippen LogP contribution in [-0.4, -0.2) is 33.9 Å². The first-order valence-corrected chi connectivity index (χ1v) is 11.8. The van der Waals surface area contributed by atoms with Crippen molar-refractivity contribution in [2.24, 2.45) is 0 Å². The van der Waals surface area contributed by atoms with Gasteiger partial charge < -0.3 is 10.1 Å². The topological polar surface area (TPSA) is 92.8 Å². The van der Waals surface area contributed by atoms with Crippen LogP contribution in [-0.2, 0) is 19.6 Å². The third-order valence-corrected chi connectivity index (χ3v) is 7.60. The minimum absolute atomic E-state index is 0.0831. The average molecular weight is 477 g/mol. The molecule has 168 valence electrons. The first-order valence-electron chi connectivity index (χ1n) is 9.44. The van der Waals surface area contributed by atoms with E-state index < -0.39 is 34.3 Å². The van der Waals surface area contributed by atoms with Gasteiger partial charge in [-0.25, -0.2) is 17.6 Å². The number of ether oxygens (including phenoxy) is 1. The fourth-order valence-electron chi connectivity index (χ4n) is 2.92. The molecule has 0 saturated heterocycles. The fraction of sp³-hybridized carbons (Fsp3) is 0.182. The van der Waals surface area contributed by atoms with Crippen LogP contribution in [0, 0.1) is 19.7 Å². The molecule has 0 saturated carbocycles. The van der Waals surface area contributed by atoms with Crippen molar-refractivity contribution in [3.63, 3.8) is 0 Å². The summed E-state index contributed by atoms with van der Waals surface area (Å²) in [6.45, 7) is 3.15. The number of hydrogen-bond acceptors (Lipinski definition) is 6. The summed E-state index contributed by atoms with van der Waals surface area (Å²) in [6.07, 6.45) is 0. The number of aryl methyl sites for hydroxylation is 2. The minimum atomic E-state index is -4.30. The Morgan fingerprint density at radius 3 is 2.38 bits per heavy atom. The molecule has 0 spiro atoms. The number of nitrogens with zero attached hydrogens (tertiary/aromatic N) is 1. The molecule has 0 aliphatic heterocycles. The second kappa shape index (κ2) is 9.49. The Labute approximate surface area is 189 Å². The van der Waals surface area contributed by atoms with Gasteiger partial charge in [-0.2, -0.15) is 0 Å². The normalized spacial score (nSPS) is 11.1. The zero-order valence-corrected chi connectivity index (χ0v) is 19.2. The van der Waals surface area contributed by atoms with E-state index in [4.69, 9.17) is 4.74 Å². The van der Waals surface area contributed by atoms with E-state index in [9.17, 15) is 22.4 Å². The number of esters is 1. The maximum atomic E-state index is 13.6. The number of thiophene rings is 1. The van der Waals surface area contributed by atoms with Crippen molar-refractivity contribution in [3.8, 4) is 0 Å². The molecule has 7 nitrogen and oxygen atoms in total. The Morgan fingerprint density at radius 2 is 1.75 bits per heavy atom. The molecular formula is C22H21FN2O5S2. The van der Waals surface area contributed by atoms with E-state index in [0.29, 0.717) is 5.69 Å². The number of carbonyl (C=O) groups is 2. The summed E-state index contributed by atoms with van der Waals surface area (Å²) in [5, 5.41) is 4.03. The monoisotopic (exact) mass is 476 g/mol. The van der Waals surface area contributed by atoms with Gasteiger partial charge in [0, 0.05) is 5.69 Å². The summed E-state index contributed by atoms with van der Waals surface area (Å²) in [4.78, 5) is 24.5. The molecule has 1 amide bonds. The lowest BCUT2D eigenvalue weighted by Gasteiger charge is -2.24. The third kappa shape index (κ3) is 4.97. The van der Waals surface area contributed by atoms with Gasteiger partial charge in [-0.15, -0.1) is 11.3 Å². The maximum absolute atomic E-state index is 13.6. The molecule has 0 aliphatic rings. The van der Waals surface area contributed by atoms with Gasteiger partial charge in [-0.3, -0.25) is 9.10 Å². The summed E-state index contributed by atoms with van der Waals surface area (Å²) in [5.41, 5.74) is 2.37. The Bertz CT molecular complexity index is 1250. The second-order valence-electron chi connectivity index (χ2n) is 6.94. The van der Waals surface area contributed by atoms with Crippen molar-refractivity contribution in [1.29, 1.82) is 0 Å². The number of methoxy groups -OCH3 is 1. The Balaban J connectivity index is 2.01. The SMILES string of the molecule is COC(=O)c1sccc1S(=O)(=O)N(CC(=O)Nc1ccc(F)cc1)c1ccc(C)c(C)c1. The summed E-state index contributed by atoms with van der Waals surface area (Å²) >= 11 is 0.934. The number of hydrogen-bond donors (Lipinski definition) is 1. The molecule has 0 atom stereocenters. The van der Waals surface area contributed by atoms with E-state index >= 15 is 0 Å². The molecule has 3 aromatic rings. The van der Waals surface area contributed by atoms with Crippen molar-refractivity contribution in [2.45, 2.75) is 18.7 Å². The number of sulfonamides is 1. The molecule has 0 aliphatic carbocycles. The first-order chi connectivity index (χ1) is 15.1. The van der Waals surface area contributed by atoms with Gasteiger partial charge in [0.25, 0.3) is 10.0 Å². The molecule has 1 heterocycles. The Hall–Kier alpha value is -3.24. The zero-order valence-electron chi connectivity index (χ0n) is 17.6. The van der Waals surface area contributed by atoms with Crippen LogP contribution in [0.4, 0.5) is 15.8 Å². The van der Waals surface area contributed by atoms with Crippen molar-refractivity contribution >= 4 is 44.6 Å². The van der Waals surface area contributed by atoms with E-state index in [1.807, 2.05) is 13.8 Å². The van der Waals surface area contributed by atoms with Crippen LogP contribution in [0.2, 0.25) is 0 Å². The molecule has 2 aromatic carbocycles. The largest absolute Gasteiger partial charge is 0.465 e. The number of halogens is 1. The highest BCUT2D eigenvalue weighted by Gasteiger charge is 2.32. The third-order valence-electron chi connectivity index (χ3n) is 4.76. The van der Waals surface area contributed by atoms with E-state index in [-0.39, 0.29) is 15.5 Å². The molecule has 0 radical (unpaired) electrons. The molecule has 10 heteroatoms. The minimum Gasteiger partial charge on any atom is -0.465 e. The summed E-state index contributed by atoms with van der Waals surface area (Å²) in [7, 11) is -3.14. The highest BCUT2D eigenvalue weighted by atomic mass is 32.2. The number of nitrogens with one attached hydrogen (secondary N) is 1. The molecule has 0 bridgehead atoms. The van der Waals surface area contributed by atoms with Gasteiger partial charge in [0.1, 0.15) is 22.1 Å². The summed E-state index contributed by atoms with van der Waals surface area (Å²) in [6, 6.07) is 11.4. The lowest BCUT2D eigenvalue weighted by molar-refractivity contribution is -0.114. The molecule has 0 unspecified atom stereocenters. The van der Waals surface area contributed by atoms with E-state index in [2.05, 4.69) is 5.32 Å². The Morgan fingerprint density at radius 1 is 1.06 bits per heavy atom. The van der Waals surface area contributed by atoms with E-state index in [1.165, 1.54) is 35.7 Å². The number of amides is 1. The first kappa shape index (κ1) is 23.4. The van der Waals surface area contributed by atoms with Crippen molar-refractivity contribution < 1.29 is 27.1 Å². The highest BCUT2D eigenvalue weighted by molar-refractivity contribution is 7.93. The fourth-order valence-corrected chi connectivity index (χ4v) is 5.64. The smallest absolute Gasteiger partial charge is 0.349 e. The molecule has 1 aromatic heterocycles. The summed E-state index contributed by atoms with van der Waals surface area (Å²) < 4.78 is 45.9. The van der Waals surface area contributed by atoms with Gasteiger partial charge in [-0.1, -0.05) is 6.07 Å². The van der Waals surface area contributed by atoms with Gasteiger partial charge in [0.05, 0.1) is 12.8 Å². The van der Waals surface area contributed by atoms with Gasteiger partial charge in [0.2, 0.25) is 5.91 Å². The molecular weight excluding hydrogens is 455 g/mol. The van der Waals surface area contributed by atoms with Crippen molar-refractivity contribution in [2.75, 3.05) is 23.3 Å². The predicted octanol–water partition coefficient (Wildman–Crippen LogP) is 4.12. The standard InChI is InChI=1S/C22H21FN2O5S2/c1-14-4-9-18(12-15(14)2)25(13-20(26)24-17-7-5-16(23)6-8-17)32(28,29)19-10-11-31-21(19)22(27)30-3/h4-12H,13H2,1-3H3,(H,24,26). The lowest BCUT2D eigenvalue weighted by atomic mass is 10.1. The number of benzene rings is 2. The maximum Gasteiger partial charge on any atom is 0.349 e. The van der Waals surface area contributed by atoms with E-state index in [0.717, 1.165) is 33.9 Å². The predicted molar refractivity (Wildman–Crippen MR) is 121 cm³/mol. The summed E-state index contributed by atoms with van der Waals surface area (Å²) in [5.74, 6) is -1.88.